The molecule has 4 nitrogen and oxygen atoms in total. The van der Waals surface area contributed by atoms with Crippen LogP contribution in [0.25, 0.3) is 0 Å². The zero-order valence-electron chi connectivity index (χ0n) is 11.1. The van der Waals surface area contributed by atoms with Gasteiger partial charge in [0.2, 0.25) is 5.91 Å². The van der Waals surface area contributed by atoms with E-state index in [2.05, 4.69) is 5.32 Å². The fourth-order valence-corrected chi connectivity index (χ4v) is 2.27. The van der Waals surface area contributed by atoms with Crippen LogP contribution in [0.2, 0.25) is 0 Å². The fraction of sp³-hybridized carbons (Fsp3) is 0.500. The van der Waals surface area contributed by atoms with E-state index in [-0.39, 0.29) is 24.6 Å². The number of nitrogens with one attached hydrogen (secondary N) is 1. The minimum Gasteiger partial charge on any atom is -0.387 e. The van der Waals surface area contributed by atoms with Gasteiger partial charge in [-0.3, -0.25) is 4.79 Å². The highest BCUT2D eigenvalue weighted by atomic mass is 19.1. The molecule has 1 aromatic rings. The Bertz CT molecular complexity index is 476. The van der Waals surface area contributed by atoms with Gasteiger partial charge in [0.15, 0.2) is 0 Å². The Balaban J connectivity index is 1.81. The van der Waals surface area contributed by atoms with E-state index in [4.69, 9.17) is 0 Å². The Morgan fingerprint density at radius 2 is 2.05 bits per heavy atom. The lowest BCUT2D eigenvalue weighted by atomic mass is 10.1. The van der Waals surface area contributed by atoms with Crippen LogP contribution in [0.4, 0.5) is 8.78 Å². The molecule has 0 bridgehead atoms. The minimum atomic E-state index is -1.18. The van der Waals surface area contributed by atoms with Crippen LogP contribution in [0.5, 0.6) is 0 Å². The first-order chi connectivity index (χ1) is 9.58. The number of hydrogen-bond acceptors (Lipinski definition) is 3. The Labute approximate surface area is 116 Å². The molecule has 1 fully saturated rings. The first-order valence-electron chi connectivity index (χ1n) is 6.69. The maximum atomic E-state index is 13.4. The van der Waals surface area contributed by atoms with Gasteiger partial charge in [-0.1, -0.05) is 0 Å². The normalized spacial score (nSPS) is 16.4. The number of halogens is 2. The number of nitrogens with zero attached hydrogens (tertiary/aromatic N) is 1. The number of benzene rings is 1. The SMILES string of the molecule is O=C(CNCC(O)c1cc(F)ccc1F)N1CCCC1. The fourth-order valence-electron chi connectivity index (χ4n) is 2.27. The minimum absolute atomic E-state index is 0.0000463. The van der Waals surface area contributed by atoms with Crippen molar-refractivity contribution in [1.29, 1.82) is 0 Å². The molecule has 6 heteroatoms. The van der Waals surface area contributed by atoms with Crippen molar-refractivity contribution >= 4 is 5.91 Å². The Kier molecular flexibility index (Phi) is 5.03. The number of likely N-dealkylation sites (tertiary alicyclic amines) is 1. The van der Waals surface area contributed by atoms with Crippen LogP contribution in [0.1, 0.15) is 24.5 Å². The van der Waals surface area contributed by atoms with E-state index in [1.54, 1.807) is 4.90 Å². The van der Waals surface area contributed by atoms with Gasteiger partial charge in [-0.25, -0.2) is 8.78 Å². The summed E-state index contributed by atoms with van der Waals surface area (Å²) >= 11 is 0. The van der Waals surface area contributed by atoms with Gasteiger partial charge in [0.1, 0.15) is 11.6 Å². The number of carbonyl (C=O) groups is 1. The monoisotopic (exact) mass is 284 g/mol. The molecule has 1 aromatic carbocycles. The summed E-state index contributed by atoms with van der Waals surface area (Å²) in [4.78, 5) is 13.5. The molecule has 0 aromatic heterocycles. The van der Waals surface area contributed by atoms with Crippen molar-refractivity contribution in [2.45, 2.75) is 18.9 Å². The summed E-state index contributed by atoms with van der Waals surface area (Å²) in [5.74, 6) is -1.30. The molecule has 2 rings (SSSR count). The van der Waals surface area contributed by atoms with Crippen molar-refractivity contribution in [3.63, 3.8) is 0 Å². The zero-order valence-corrected chi connectivity index (χ0v) is 11.1. The Hall–Kier alpha value is -1.53. The maximum absolute atomic E-state index is 13.4. The molecule has 1 amide bonds. The lowest BCUT2D eigenvalue weighted by molar-refractivity contribution is -0.129. The van der Waals surface area contributed by atoms with E-state index in [9.17, 15) is 18.7 Å². The number of amides is 1. The van der Waals surface area contributed by atoms with Crippen LogP contribution < -0.4 is 5.32 Å². The molecule has 1 saturated heterocycles. The molecule has 2 N–H and O–H groups in total. The zero-order chi connectivity index (χ0) is 14.5. The molecule has 1 atom stereocenters. The molecule has 0 aliphatic carbocycles. The average Bonchev–Trinajstić information content (AvgIpc) is 2.95. The molecular weight excluding hydrogens is 266 g/mol. The predicted octanol–water partition coefficient (Wildman–Crippen LogP) is 1.21. The van der Waals surface area contributed by atoms with Crippen molar-refractivity contribution in [2.75, 3.05) is 26.2 Å². The van der Waals surface area contributed by atoms with Crippen LogP contribution >= 0.6 is 0 Å². The second-order valence-electron chi connectivity index (χ2n) is 4.90. The number of aliphatic hydroxyl groups is 1. The predicted molar refractivity (Wildman–Crippen MR) is 70.0 cm³/mol. The molecule has 1 heterocycles. The van der Waals surface area contributed by atoms with E-state index in [1.807, 2.05) is 0 Å². The summed E-state index contributed by atoms with van der Waals surface area (Å²) < 4.78 is 26.4. The molecule has 0 saturated carbocycles. The summed E-state index contributed by atoms with van der Waals surface area (Å²) in [6.07, 6.45) is 0.850. The van der Waals surface area contributed by atoms with E-state index in [0.29, 0.717) is 0 Å². The molecule has 20 heavy (non-hydrogen) atoms. The van der Waals surface area contributed by atoms with Crippen LogP contribution in [0.3, 0.4) is 0 Å². The summed E-state index contributed by atoms with van der Waals surface area (Å²) in [7, 11) is 0. The summed E-state index contributed by atoms with van der Waals surface area (Å²) in [5, 5.41) is 12.6. The smallest absolute Gasteiger partial charge is 0.236 e. The van der Waals surface area contributed by atoms with Gasteiger partial charge in [-0.05, 0) is 31.0 Å². The molecule has 1 unspecified atom stereocenters. The van der Waals surface area contributed by atoms with Gasteiger partial charge in [-0.2, -0.15) is 0 Å². The van der Waals surface area contributed by atoms with Crippen LogP contribution in [-0.4, -0.2) is 42.1 Å². The maximum Gasteiger partial charge on any atom is 0.236 e. The average molecular weight is 284 g/mol. The first kappa shape index (κ1) is 14.9. The number of hydrogen-bond donors (Lipinski definition) is 2. The van der Waals surface area contributed by atoms with Crippen molar-refractivity contribution in [3.8, 4) is 0 Å². The molecule has 1 aliphatic rings. The third-order valence-electron chi connectivity index (χ3n) is 3.39. The molecule has 1 aliphatic heterocycles. The third-order valence-corrected chi connectivity index (χ3v) is 3.39. The molecule has 110 valence electrons. The third kappa shape index (κ3) is 3.74. The summed E-state index contributed by atoms with van der Waals surface area (Å²) in [6, 6.07) is 2.93. The molecular formula is C14H18F2N2O2. The van der Waals surface area contributed by atoms with Crippen LogP contribution in [0, 0.1) is 11.6 Å². The van der Waals surface area contributed by atoms with E-state index < -0.39 is 17.7 Å². The quantitative estimate of drug-likeness (QED) is 0.854. The molecule has 0 spiro atoms. The van der Waals surface area contributed by atoms with Gasteiger partial charge in [0, 0.05) is 25.2 Å². The van der Waals surface area contributed by atoms with Crippen molar-refractivity contribution < 1.29 is 18.7 Å². The number of rotatable bonds is 5. The van der Waals surface area contributed by atoms with Crippen LogP contribution in [0.15, 0.2) is 18.2 Å². The van der Waals surface area contributed by atoms with Gasteiger partial charge in [-0.15, -0.1) is 0 Å². The highest BCUT2D eigenvalue weighted by Crippen LogP contribution is 2.17. The van der Waals surface area contributed by atoms with Gasteiger partial charge in [0.05, 0.1) is 12.6 Å². The van der Waals surface area contributed by atoms with Crippen molar-refractivity contribution in [2.24, 2.45) is 0 Å². The lowest BCUT2D eigenvalue weighted by Crippen LogP contribution is -2.37. The second kappa shape index (κ2) is 6.76. The van der Waals surface area contributed by atoms with E-state index in [0.717, 1.165) is 44.1 Å². The van der Waals surface area contributed by atoms with Crippen molar-refractivity contribution in [1.82, 2.24) is 10.2 Å². The Morgan fingerprint density at radius 1 is 1.35 bits per heavy atom. The highest BCUT2D eigenvalue weighted by molar-refractivity contribution is 5.78. The second-order valence-corrected chi connectivity index (χ2v) is 4.90. The van der Waals surface area contributed by atoms with E-state index >= 15 is 0 Å². The van der Waals surface area contributed by atoms with Gasteiger partial charge in [0.25, 0.3) is 0 Å². The molecule has 0 radical (unpaired) electrons. The standard InChI is InChI=1S/C14H18F2N2O2/c15-10-3-4-12(16)11(7-10)13(19)8-17-9-14(20)18-5-1-2-6-18/h3-4,7,13,17,19H,1-2,5-6,8-9H2. The van der Waals surface area contributed by atoms with E-state index in [1.165, 1.54) is 0 Å². The van der Waals surface area contributed by atoms with Gasteiger partial charge >= 0.3 is 0 Å². The van der Waals surface area contributed by atoms with Gasteiger partial charge < -0.3 is 15.3 Å². The largest absolute Gasteiger partial charge is 0.387 e. The van der Waals surface area contributed by atoms with Crippen LogP contribution in [-0.2, 0) is 4.79 Å². The number of carbonyl (C=O) groups excluding carboxylic acids is 1. The topological polar surface area (TPSA) is 52.6 Å². The summed E-state index contributed by atoms with van der Waals surface area (Å²) in [5.41, 5.74) is -0.105. The summed E-state index contributed by atoms with van der Waals surface area (Å²) in [6.45, 7) is 1.62. The van der Waals surface area contributed by atoms with Crippen molar-refractivity contribution in [3.05, 3.63) is 35.4 Å². The first-order valence-corrected chi connectivity index (χ1v) is 6.69. The Morgan fingerprint density at radius 3 is 2.75 bits per heavy atom. The highest BCUT2D eigenvalue weighted by Gasteiger charge is 2.18. The number of aliphatic hydroxyl groups excluding tert-OH is 1. The lowest BCUT2D eigenvalue weighted by Gasteiger charge is -2.17.